The Labute approximate surface area is 484 Å². The molecule has 3 N–H and O–H groups in total. The molecule has 8 heteroatoms. The molecule has 8 rings (SSSR count). The van der Waals surface area contributed by atoms with E-state index in [0.29, 0.717) is 18.6 Å². The van der Waals surface area contributed by atoms with Gasteiger partial charge in [0.25, 0.3) is 0 Å². The van der Waals surface area contributed by atoms with Gasteiger partial charge < -0.3 is 20.3 Å². The first kappa shape index (κ1) is 59.9. The van der Waals surface area contributed by atoms with Crippen molar-refractivity contribution < 1.29 is 19.7 Å². The summed E-state index contributed by atoms with van der Waals surface area (Å²) in [7, 11) is 0. The first-order valence-electron chi connectivity index (χ1n) is 29.3. The molecular formula is C73H88N4O4. The Morgan fingerprint density at radius 1 is 0.802 bits per heavy atom. The van der Waals surface area contributed by atoms with Crippen LogP contribution < -0.4 is 5.32 Å². The smallest absolute Gasteiger partial charge is 0.306 e. The summed E-state index contributed by atoms with van der Waals surface area (Å²) in [6.07, 6.45) is 44.0. The number of aliphatic hydroxyl groups excluding tert-OH is 2. The molecule has 1 fully saturated rings. The van der Waals surface area contributed by atoms with Gasteiger partial charge in [-0.05, 0) is 157 Å². The number of allylic oxidation sites excluding steroid dienone is 32. The van der Waals surface area contributed by atoms with Crippen LogP contribution in [0.15, 0.2) is 249 Å². The SMILES string of the molecule is C=CC1=C(C)C2=NC1=CC1=NC(=CC3=C(C)C4=C(O)CC(=C5NC(=C2)C(C)C5CCC(=O)O[C@H]2C=C(C)[C@H](/C=C/C(C)=C/C=C/C(C)=C/C=C/C=C(C)/C=C/C=C(C)/C=C/C5=C(C)C[C@@H](O)CC5(C)C)C(C)(C)C2)C4=N3)C(CC)=C1C. The number of rotatable bonds is 16. The average Bonchev–Trinajstić information content (AvgIpc) is 4.28. The Bertz CT molecular complexity index is 3400. The Hall–Kier alpha value is -7.16. The molecule has 3 aliphatic carbocycles. The molecule has 81 heavy (non-hydrogen) atoms. The molecule has 8 aliphatic rings. The lowest BCUT2D eigenvalue weighted by Gasteiger charge is -2.40. The fraction of sp³-hybridized carbons (Fsp3) is 0.397. The molecule has 8 nitrogen and oxygen atoms in total. The second-order valence-corrected chi connectivity index (χ2v) is 25.0. The minimum absolute atomic E-state index is 0.0194. The number of carbonyl (C=O) groups is 1. The van der Waals surface area contributed by atoms with Crippen molar-refractivity contribution in [3.8, 4) is 0 Å². The summed E-state index contributed by atoms with van der Waals surface area (Å²) in [4.78, 5) is 29.5. The predicted octanol–water partition coefficient (Wildman–Crippen LogP) is 17.6. The number of aliphatic imine (C=N–C) groups is 3. The standard InChI is InChI=1S/C73H88N4O4/c1-17-55-49(9)61-38-63-51(11)57(70(76-63)58-37-67(79)69-52(12)64(77-71(58)69)40-66-56(18-2)50(10)62(75-66)39-65(55)74-61)31-34-68(80)81-54-36-48(8)60(73(15,16)42-54)33-30-46(6)28-22-26-44(4)24-20-19-23-43(3)25-21-27-45(5)29-32-59-47(7)35-53(78)41-72(59,13)14/h17,19-30,32-33,36,38-40,51,53-54,57,60,76,78-79H,1,18,31,34-35,37,41-42H2,2-16H3/b20-19+,25-21+,26-22+,32-29+,33-30+,43-23+,44-24+,45-27+,46-28+,63-38?,65-39?,66-40?,70-58?/t51?,53-,54+,57?,60+/m1/s1. The zero-order valence-corrected chi connectivity index (χ0v) is 51.1. The van der Waals surface area contributed by atoms with E-state index in [4.69, 9.17) is 19.7 Å². The lowest BCUT2D eigenvalue weighted by atomic mass is 9.67. The lowest BCUT2D eigenvalue weighted by Crippen LogP contribution is -2.35. The molecule has 5 heterocycles. The monoisotopic (exact) mass is 1080 g/mol. The molecule has 1 saturated heterocycles. The van der Waals surface area contributed by atoms with Crippen molar-refractivity contribution in [2.75, 3.05) is 0 Å². The number of hydrogen-bond acceptors (Lipinski definition) is 8. The second kappa shape index (κ2) is 24.9. The van der Waals surface area contributed by atoms with Crippen molar-refractivity contribution in [1.29, 1.82) is 0 Å². The minimum atomic E-state index is -0.318. The lowest BCUT2D eigenvalue weighted by molar-refractivity contribution is -0.149. The topological polar surface area (TPSA) is 116 Å². The van der Waals surface area contributed by atoms with Gasteiger partial charge in [-0.25, -0.2) is 15.0 Å². The van der Waals surface area contributed by atoms with Gasteiger partial charge in [0.2, 0.25) is 0 Å². The van der Waals surface area contributed by atoms with Crippen LogP contribution in [0.25, 0.3) is 0 Å². The van der Waals surface area contributed by atoms with Crippen LogP contribution >= 0.6 is 0 Å². The van der Waals surface area contributed by atoms with E-state index in [1.807, 2.05) is 13.0 Å². The number of aliphatic hydroxyl groups is 2. The quantitative estimate of drug-likeness (QED) is 0.0809. The van der Waals surface area contributed by atoms with Gasteiger partial charge in [0.1, 0.15) is 11.9 Å². The van der Waals surface area contributed by atoms with Crippen LogP contribution in [0.1, 0.15) is 149 Å². The van der Waals surface area contributed by atoms with Crippen LogP contribution in [0, 0.1) is 28.6 Å². The molecule has 0 aromatic carbocycles. The number of hydrogen-bond donors (Lipinski definition) is 3. The number of fused-ring (bicyclic) bond motifs is 5. The van der Waals surface area contributed by atoms with Crippen molar-refractivity contribution in [2.24, 2.45) is 43.6 Å². The van der Waals surface area contributed by atoms with Crippen LogP contribution in [0.2, 0.25) is 0 Å². The number of nitrogens with zero attached hydrogens (tertiary/aromatic N) is 3. The van der Waals surface area contributed by atoms with E-state index in [9.17, 15) is 15.0 Å². The largest absolute Gasteiger partial charge is 0.511 e. The summed E-state index contributed by atoms with van der Waals surface area (Å²) in [5.41, 5.74) is 22.4. The van der Waals surface area contributed by atoms with Crippen LogP contribution in [0.4, 0.5) is 0 Å². The summed E-state index contributed by atoms with van der Waals surface area (Å²) in [6.45, 7) is 36.5. The van der Waals surface area contributed by atoms with E-state index in [1.54, 1.807) is 0 Å². The zero-order valence-electron chi connectivity index (χ0n) is 51.1. The van der Waals surface area contributed by atoms with E-state index in [-0.39, 0.29) is 53.2 Å². The Morgan fingerprint density at radius 2 is 1.43 bits per heavy atom. The van der Waals surface area contributed by atoms with E-state index < -0.39 is 0 Å². The Kier molecular flexibility index (Phi) is 18.4. The molecule has 0 saturated carbocycles. The van der Waals surface area contributed by atoms with E-state index in [2.05, 4.69) is 218 Å². The van der Waals surface area contributed by atoms with Gasteiger partial charge in [0.05, 0.1) is 40.3 Å². The predicted molar refractivity (Wildman–Crippen MR) is 339 cm³/mol. The summed E-state index contributed by atoms with van der Waals surface area (Å²) >= 11 is 0. The van der Waals surface area contributed by atoms with E-state index in [0.717, 1.165) is 116 Å². The van der Waals surface area contributed by atoms with E-state index in [1.165, 1.54) is 33.4 Å². The van der Waals surface area contributed by atoms with Gasteiger partial charge in [0.15, 0.2) is 0 Å². The third-order valence-corrected chi connectivity index (χ3v) is 17.6. The third kappa shape index (κ3) is 13.5. The average molecular weight is 1090 g/mol. The Morgan fingerprint density at radius 3 is 2.07 bits per heavy atom. The van der Waals surface area contributed by atoms with Gasteiger partial charge in [-0.15, -0.1) is 0 Å². The highest BCUT2D eigenvalue weighted by atomic mass is 16.5. The first-order valence-corrected chi connectivity index (χ1v) is 29.3. The molecule has 0 amide bonds. The molecule has 8 bridgehead atoms. The zero-order chi connectivity index (χ0) is 58.7. The van der Waals surface area contributed by atoms with Gasteiger partial charge in [-0.3, -0.25) is 4.79 Å². The van der Waals surface area contributed by atoms with Gasteiger partial charge in [0, 0.05) is 58.7 Å². The molecule has 0 radical (unpaired) electrons. The van der Waals surface area contributed by atoms with Gasteiger partial charge >= 0.3 is 5.97 Å². The fourth-order valence-electron chi connectivity index (χ4n) is 13.1. The minimum Gasteiger partial charge on any atom is -0.511 e. The molecule has 424 valence electrons. The maximum atomic E-state index is 14.0. The number of carbonyl (C=O) groups excluding carboxylic acids is 1. The number of ether oxygens (including phenoxy) is 1. The second-order valence-electron chi connectivity index (χ2n) is 25.0. The maximum absolute atomic E-state index is 14.0. The highest BCUT2D eigenvalue weighted by Crippen LogP contribution is 2.48. The van der Waals surface area contributed by atoms with Crippen LogP contribution in [0.3, 0.4) is 0 Å². The van der Waals surface area contributed by atoms with Crippen molar-refractivity contribution >= 4 is 23.1 Å². The normalized spacial score (nSPS) is 26.3. The van der Waals surface area contributed by atoms with Crippen LogP contribution in [-0.4, -0.2) is 45.5 Å². The summed E-state index contributed by atoms with van der Waals surface area (Å²) in [5.74, 6) is 0.267. The van der Waals surface area contributed by atoms with Crippen LogP contribution in [0.5, 0.6) is 0 Å². The summed E-state index contributed by atoms with van der Waals surface area (Å²) < 4.78 is 6.32. The third-order valence-electron chi connectivity index (χ3n) is 17.6. The van der Waals surface area contributed by atoms with Gasteiger partial charge in [-0.1, -0.05) is 173 Å². The molecule has 0 aromatic rings. The number of esters is 1. The van der Waals surface area contributed by atoms with Crippen LogP contribution in [-0.2, 0) is 9.53 Å². The van der Waals surface area contributed by atoms with E-state index >= 15 is 0 Å². The Balaban J connectivity index is 0.890. The molecular weight excluding hydrogens is 997 g/mol. The molecule has 5 atom stereocenters. The van der Waals surface area contributed by atoms with Gasteiger partial charge in [-0.2, -0.15) is 0 Å². The first-order chi connectivity index (χ1) is 38.4. The molecule has 0 aromatic heterocycles. The highest BCUT2D eigenvalue weighted by Gasteiger charge is 2.42. The van der Waals surface area contributed by atoms with Crippen molar-refractivity contribution in [3.05, 3.63) is 234 Å². The number of nitrogens with one attached hydrogen (secondary N) is 1. The molecule has 2 unspecified atom stereocenters. The summed E-state index contributed by atoms with van der Waals surface area (Å²) in [6, 6.07) is 0. The highest BCUT2D eigenvalue weighted by molar-refractivity contribution is 6.21. The molecule has 5 aliphatic heterocycles. The van der Waals surface area contributed by atoms with Crippen molar-refractivity contribution in [2.45, 2.75) is 161 Å². The maximum Gasteiger partial charge on any atom is 0.306 e. The van der Waals surface area contributed by atoms with Crippen molar-refractivity contribution in [3.63, 3.8) is 0 Å². The summed E-state index contributed by atoms with van der Waals surface area (Å²) in [5, 5.41) is 25.6. The molecule has 0 spiro atoms. The fourth-order valence-corrected chi connectivity index (χ4v) is 13.1. The van der Waals surface area contributed by atoms with Crippen molar-refractivity contribution in [1.82, 2.24) is 5.32 Å².